The number of nitrogens with two attached hydrogens (primary N) is 1. The van der Waals surface area contributed by atoms with Crippen molar-refractivity contribution in [2.24, 2.45) is 0 Å². The van der Waals surface area contributed by atoms with Gasteiger partial charge >= 0.3 is 0 Å². The number of methoxy groups -OCH3 is 1. The van der Waals surface area contributed by atoms with E-state index in [9.17, 15) is 0 Å². The number of ether oxygens (including phenoxy) is 1. The fourth-order valence-corrected chi connectivity index (χ4v) is 1.86. The van der Waals surface area contributed by atoms with Crippen LogP contribution in [0.15, 0.2) is 36.7 Å². The zero-order chi connectivity index (χ0) is 13.2. The van der Waals surface area contributed by atoms with Crippen LogP contribution >= 0.6 is 0 Å². The number of aromatic nitrogens is 2. The minimum Gasteiger partial charge on any atom is -0.383 e. The molecule has 18 heavy (non-hydrogen) atoms. The summed E-state index contributed by atoms with van der Waals surface area (Å²) in [5.74, 6) is 0.658. The average molecular weight is 245 g/mol. The van der Waals surface area contributed by atoms with Crippen molar-refractivity contribution >= 4 is 5.82 Å². The first-order valence-electron chi connectivity index (χ1n) is 5.95. The Morgan fingerprint density at radius 1 is 1.28 bits per heavy atom. The first-order chi connectivity index (χ1) is 8.54. The van der Waals surface area contributed by atoms with Crippen molar-refractivity contribution in [3.63, 3.8) is 0 Å². The van der Waals surface area contributed by atoms with Crippen LogP contribution in [-0.4, -0.2) is 16.7 Å². The lowest BCUT2D eigenvalue weighted by Gasteiger charge is -2.21. The molecule has 0 saturated heterocycles. The van der Waals surface area contributed by atoms with Crippen LogP contribution in [0.5, 0.6) is 0 Å². The quantitative estimate of drug-likeness (QED) is 0.899. The van der Waals surface area contributed by atoms with Gasteiger partial charge in [-0.1, -0.05) is 30.3 Å². The summed E-state index contributed by atoms with van der Waals surface area (Å²) in [5, 5.41) is 0. The first kappa shape index (κ1) is 12.6. The average Bonchev–Trinajstić information content (AvgIpc) is 2.73. The zero-order valence-electron chi connectivity index (χ0n) is 11.1. The lowest BCUT2D eigenvalue weighted by atomic mass is 10.1. The van der Waals surface area contributed by atoms with Crippen molar-refractivity contribution in [1.82, 2.24) is 9.55 Å². The van der Waals surface area contributed by atoms with E-state index < -0.39 is 5.60 Å². The van der Waals surface area contributed by atoms with Crippen molar-refractivity contribution in [3.8, 4) is 0 Å². The number of hydrogen-bond acceptors (Lipinski definition) is 3. The van der Waals surface area contributed by atoms with E-state index in [-0.39, 0.29) is 0 Å². The fraction of sp³-hybridized carbons (Fsp3) is 0.357. The van der Waals surface area contributed by atoms with Gasteiger partial charge in [-0.2, -0.15) is 0 Å². The molecule has 0 aliphatic carbocycles. The molecule has 0 atom stereocenters. The lowest BCUT2D eigenvalue weighted by molar-refractivity contribution is 0.0165. The van der Waals surface area contributed by atoms with Crippen LogP contribution in [0, 0.1) is 0 Å². The summed E-state index contributed by atoms with van der Waals surface area (Å²) in [5.41, 5.74) is 7.64. The highest BCUT2D eigenvalue weighted by Gasteiger charge is 2.26. The Labute approximate surface area is 107 Å². The SMILES string of the molecule is COC(C)(C)c1ncn(Cc2ccccc2)c1N. The second-order valence-electron chi connectivity index (χ2n) is 4.81. The molecule has 2 N–H and O–H groups in total. The van der Waals surface area contributed by atoms with Gasteiger partial charge in [-0.05, 0) is 19.4 Å². The van der Waals surface area contributed by atoms with Crippen LogP contribution in [0.1, 0.15) is 25.1 Å². The third kappa shape index (κ3) is 2.38. The van der Waals surface area contributed by atoms with E-state index in [2.05, 4.69) is 17.1 Å². The summed E-state index contributed by atoms with van der Waals surface area (Å²) < 4.78 is 7.35. The van der Waals surface area contributed by atoms with Crippen LogP contribution < -0.4 is 5.73 Å². The summed E-state index contributed by atoms with van der Waals surface area (Å²) in [4.78, 5) is 4.37. The van der Waals surface area contributed by atoms with Gasteiger partial charge in [0, 0.05) is 7.11 Å². The highest BCUT2D eigenvalue weighted by molar-refractivity contribution is 5.40. The molecule has 1 heterocycles. The molecule has 1 aromatic heterocycles. The van der Waals surface area contributed by atoms with Gasteiger partial charge in [0.25, 0.3) is 0 Å². The minimum absolute atomic E-state index is 0.466. The molecule has 0 bridgehead atoms. The van der Waals surface area contributed by atoms with Crippen LogP contribution in [0.25, 0.3) is 0 Å². The summed E-state index contributed by atoms with van der Waals surface area (Å²) in [6, 6.07) is 10.2. The van der Waals surface area contributed by atoms with Crippen molar-refractivity contribution in [2.75, 3.05) is 12.8 Å². The molecule has 0 aliphatic rings. The molecule has 4 heteroatoms. The Morgan fingerprint density at radius 2 is 1.94 bits per heavy atom. The van der Waals surface area contributed by atoms with Crippen LogP contribution in [0.3, 0.4) is 0 Å². The maximum Gasteiger partial charge on any atom is 0.129 e. The molecule has 0 radical (unpaired) electrons. The number of rotatable bonds is 4. The monoisotopic (exact) mass is 245 g/mol. The van der Waals surface area contributed by atoms with E-state index in [0.717, 1.165) is 12.2 Å². The van der Waals surface area contributed by atoms with E-state index in [1.807, 2.05) is 36.6 Å². The third-order valence-corrected chi connectivity index (χ3v) is 3.15. The lowest BCUT2D eigenvalue weighted by Crippen LogP contribution is -2.22. The molecule has 1 aromatic carbocycles. The zero-order valence-corrected chi connectivity index (χ0v) is 11.1. The van der Waals surface area contributed by atoms with Gasteiger partial charge in [0.1, 0.15) is 17.1 Å². The molecule has 96 valence electrons. The van der Waals surface area contributed by atoms with Crippen molar-refractivity contribution < 1.29 is 4.74 Å². The molecule has 2 rings (SSSR count). The van der Waals surface area contributed by atoms with E-state index in [1.54, 1.807) is 13.4 Å². The second-order valence-corrected chi connectivity index (χ2v) is 4.81. The smallest absolute Gasteiger partial charge is 0.129 e. The van der Waals surface area contributed by atoms with Crippen LogP contribution in [0.2, 0.25) is 0 Å². The molecular formula is C14H19N3O. The Morgan fingerprint density at radius 3 is 2.56 bits per heavy atom. The Bertz CT molecular complexity index is 517. The Hall–Kier alpha value is -1.81. The van der Waals surface area contributed by atoms with Crippen LogP contribution in [-0.2, 0) is 16.9 Å². The van der Waals surface area contributed by atoms with E-state index in [4.69, 9.17) is 10.5 Å². The summed E-state index contributed by atoms with van der Waals surface area (Å²) in [6.45, 7) is 4.64. The van der Waals surface area contributed by atoms with E-state index in [1.165, 1.54) is 5.56 Å². The van der Waals surface area contributed by atoms with Crippen molar-refractivity contribution in [2.45, 2.75) is 26.0 Å². The molecule has 4 nitrogen and oxygen atoms in total. The van der Waals surface area contributed by atoms with Gasteiger partial charge in [-0.15, -0.1) is 0 Å². The highest BCUT2D eigenvalue weighted by Crippen LogP contribution is 2.27. The Balaban J connectivity index is 2.27. The molecule has 0 unspecified atom stereocenters. The first-order valence-corrected chi connectivity index (χ1v) is 5.95. The molecule has 0 aliphatic heterocycles. The number of imidazole rings is 1. The second kappa shape index (κ2) is 4.82. The van der Waals surface area contributed by atoms with E-state index >= 15 is 0 Å². The topological polar surface area (TPSA) is 53.1 Å². The molecular weight excluding hydrogens is 226 g/mol. The van der Waals surface area contributed by atoms with Crippen LogP contribution in [0.4, 0.5) is 5.82 Å². The van der Waals surface area contributed by atoms with Gasteiger partial charge in [-0.3, -0.25) is 0 Å². The Kier molecular flexibility index (Phi) is 3.39. The van der Waals surface area contributed by atoms with Crippen molar-refractivity contribution in [1.29, 1.82) is 0 Å². The number of hydrogen-bond donors (Lipinski definition) is 1. The van der Waals surface area contributed by atoms with E-state index in [0.29, 0.717) is 5.82 Å². The largest absolute Gasteiger partial charge is 0.383 e. The minimum atomic E-state index is -0.466. The molecule has 0 fully saturated rings. The predicted molar refractivity (Wildman–Crippen MR) is 72.2 cm³/mol. The third-order valence-electron chi connectivity index (χ3n) is 3.15. The summed E-state index contributed by atoms with van der Waals surface area (Å²) in [7, 11) is 1.66. The van der Waals surface area contributed by atoms with Gasteiger partial charge in [0.15, 0.2) is 0 Å². The molecule has 0 spiro atoms. The number of nitrogens with zero attached hydrogens (tertiary/aromatic N) is 2. The summed E-state index contributed by atoms with van der Waals surface area (Å²) >= 11 is 0. The molecule has 0 amide bonds. The van der Waals surface area contributed by atoms with Gasteiger partial charge in [0.2, 0.25) is 0 Å². The number of nitrogen functional groups attached to an aromatic ring is 1. The van der Waals surface area contributed by atoms with Gasteiger partial charge < -0.3 is 15.0 Å². The maximum atomic E-state index is 6.13. The summed E-state index contributed by atoms with van der Waals surface area (Å²) in [6.07, 6.45) is 1.76. The molecule has 2 aromatic rings. The number of benzene rings is 1. The maximum absolute atomic E-state index is 6.13. The fourth-order valence-electron chi connectivity index (χ4n) is 1.86. The number of anilines is 1. The molecule has 0 saturated carbocycles. The van der Waals surface area contributed by atoms with Crippen molar-refractivity contribution in [3.05, 3.63) is 47.9 Å². The van der Waals surface area contributed by atoms with Gasteiger partial charge in [0.05, 0.1) is 12.9 Å². The predicted octanol–water partition coefficient (Wildman–Crippen LogP) is 2.40. The standard InChI is InChI=1S/C14H19N3O/c1-14(2,18-3)12-13(15)17(10-16-12)9-11-7-5-4-6-8-11/h4-8,10H,9,15H2,1-3H3. The highest BCUT2D eigenvalue weighted by atomic mass is 16.5. The van der Waals surface area contributed by atoms with Gasteiger partial charge in [-0.25, -0.2) is 4.98 Å². The normalized spacial score (nSPS) is 11.7.